The minimum Gasteiger partial charge on any atom is -0.456 e. The first-order valence-electron chi connectivity index (χ1n) is 21.5. The van der Waals surface area contributed by atoms with Crippen molar-refractivity contribution in [3.8, 4) is 0 Å². The van der Waals surface area contributed by atoms with Crippen LogP contribution < -0.4 is 9.80 Å². The Hall–Kier alpha value is -8.74. The highest BCUT2D eigenvalue weighted by Gasteiger charge is 2.22. The van der Waals surface area contributed by atoms with Crippen LogP contribution in [0.2, 0.25) is 0 Å². The summed E-state index contributed by atoms with van der Waals surface area (Å²) >= 11 is 0. The van der Waals surface area contributed by atoms with Crippen molar-refractivity contribution in [3.63, 3.8) is 0 Å². The maximum atomic E-state index is 6.61. The summed E-state index contributed by atoms with van der Waals surface area (Å²) in [5, 5.41) is 10.8. The molecule has 0 spiro atoms. The molecule has 0 aliphatic heterocycles. The summed E-state index contributed by atoms with van der Waals surface area (Å²) in [5.41, 5.74) is 12.9. The van der Waals surface area contributed by atoms with E-state index in [1.807, 2.05) is 36.4 Å². The van der Waals surface area contributed by atoms with Gasteiger partial charge in [0.1, 0.15) is 44.7 Å². The minimum atomic E-state index is 0.825. The first-order valence-corrected chi connectivity index (χ1v) is 21.5. The zero-order valence-corrected chi connectivity index (χ0v) is 34.2. The van der Waals surface area contributed by atoms with Crippen LogP contribution in [0, 0.1) is 0 Å². The van der Waals surface area contributed by atoms with Gasteiger partial charge in [0, 0.05) is 89.3 Å². The van der Waals surface area contributed by atoms with Crippen LogP contribution in [0.4, 0.5) is 34.1 Å². The van der Waals surface area contributed by atoms with E-state index in [-0.39, 0.29) is 0 Å². The summed E-state index contributed by atoms with van der Waals surface area (Å²) in [6, 6.07) is 71.8. The van der Waals surface area contributed by atoms with Gasteiger partial charge in [0.15, 0.2) is 0 Å². The molecule has 0 fully saturated rings. The van der Waals surface area contributed by atoms with E-state index in [1.54, 1.807) is 0 Å². The number of fused-ring (bicyclic) bond motifs is 15. The standard InChI is InChI=1S/C58H34N2O4/c1-3-11-35(12-4-1)59(39-19-23-43-41-15-7-9-17-49(41)63-55(43)33-39)37-21-27-51-47(31-37)57-45-25-30-54-58(46(45)26-29-53(57)61-51)48-32-38(22-28-52(48)62-54)60(36-13-5-2-6-14-36)40-20-24-44-42-16-8-10-18-50(42)64-56(44)34-40/h1-34H. The van der Waals surface area contributed by atoms with Crippen LogP contribution in [0.3, 0.4) is 0 Å². The second kappa shape index (κ2) is 13.4. The molecule has 0 unspecified atom stereocenters. The van der Waals surface area contributed by atoms with E-state index >= 15 is 0 Å². The maximum Gasteiger partial charge on any atom is 0.137 e. The fraction of sp³-hybridized carbons (Fsp3) is 0. The van der Waals surface area contributed by atoms with Crippen LogP contribution in [0.1, 0.15) is 0 Å². The third-order valence-electron chi connectivity index (χ3n) is 12.8. The van der Waals surface area contributed by atoms with Crippen molar-refractivity contribution < 1.29 is 17.7 Å². The number of furan rings is 4. The van der Waals surface area contributed by atoms with Gasteiger partial charge < -0.3 is 27.5 Å². The maximum absolute atomic E-state index is 6.61. The molecule has 0 N–H and O–H groups in total. The number of rotatable bonds is 6. The summed E-state index contributed by atoms with van der Waals surface area (Å²) in [4.78, 5) is 4.56. The molecular formula is C58H34N2O4. The highest BCUT2D eigenvalue weighted by atomic mass is 16.3. The van der Waals surface area contributed by atoms with Crippen molar-refractivity contribution in [1.82, 2.24) is 0 Å². The van der Waals surface area contributed by atoms with Gasteiger partial charge in [-0.1, -0.05) is 72.8 Å². The van der Waals surface area contributed by atoms with Gasteiger partial charge in [-0.15, -0.1) is 0 Å². The van der Waals surface area contributed by atoms with Crippen LogP contribution in [-0.4, -0.2) is 0 Å². The fourth-order valence-electron chi connectivity index (χ4n) is 9.97. The van der Waals surface area contributed by atoms with Crippen LogP contribution in [0.25, 0.3) is 98.5 Å². The second-order valence-electron chi connectivity index (χ2n) is 16.4. The average Bonchev–Trinajstić information content (AvgIpc) is 4.12. The molecule has 10 aromatic carbocycles. The smallest absolute Gasteiger partial charge is 0.137 e. The first kappa shape index (κ1) is 34.9. The highest BCUT2D eigenvalue weighted by Crippen LogP contribution is 2.46. The van der Waals surface area contributed by atoms with Gasteiger partial charge in [-0.05, 0) is 132 Å². The lowest BCUT2D eigenvalue weighted by atomic mass is 9.99. The summed E-state index contributed by atoms with van der Waals surface area (Å²) in [6.45, 7) is 0. The average molecular weight is 823 g/mol. The predicted octanol–water partition coefficient (Wildman–Crippen LogP) is 17.4. The molecule has 0 atom stereocenters. The Labute approximate surface area is 364 Å². The highest BCUT2D eigenvalue weighted by molar-refractivity contribution is 6.28. The van der Waals surface area contributed by atoms with Gasteiger partial charge in [-0.25, -0.2) is 0 Å². The topological polar surface area (TPSA) is 59.0 Å². The molecule has 0 saturated carbocycles. The molecule has 6 heteroatoms. The van der Waals surface area contributed by atoms with Gasteiger partial charge in [-0.2, -0.15) is 0 Å². The predicted molar refractivity (Wildman–Crippen MR) is 262 cm³/mol. The van der Waals surface area contributed by atoms with Crippen LogP contribution >= 0.6 is 0 Å². The quantitative estimate of drug-likeness (QED) is 0.166. The number of para-hydroxylation sites is 4. The molecule has 0 aliphatic carbocycles. The van der Waals surface area contributed by atoms with E-state index in [9.17, 15) is 0 Å². The number of nitrogens with zero attached hydrogens (tertiary/aromatic N) is 2. The van der Waals surface area contributed by atoms with Crippen molar-refractivity contribution in [2.24, 2.45) is 0 Å². The number of anilines is 6. The normalized spacial score (nSPS) is 12.1. The first-order chi connectivity index (χ1) is 31.7. The minimum absolute atomic E-state index is 0.825. The molecule has 0 amide bonds. The van der Waals surface area contributed by atoms with Crippen molar-refractivity contribution in [1.29, 1.82) is 0 Å². The zero-order valence-electron chi connectivity index (χ0n) is 34.2. The van der Waals surface area contributed by atoms with Crippen molar-refractivity contribution in [2.45, 2.75) is 0 Å². The number of benzene rings is 10. The SMILES string of the molecule is c1ccc(N(c2ccc3c(c2)oc2ccccc23)c2ccc3oc4ccc5c(ccc6oc7ccc(N(c8ccccc8)c8ccc9c(c8)oc8ccccc89)cc7c65)c4c3c2)cc1. The molecular weight excluding hydrogens is 789 g/mol. The molecule has 0 bridgehead atoms. The summed E-state index contributed by atoms with van der Waals surface area (Å²) < 4.78 is 26.0. The zero-order chi connectivity index (χ0) is 41.9. The van der Waals surface area contributed by atoms with Crippen LogP contribution in [0.5, 0.6) is 0 Å². The molecule has 300 valence electrons. The lowest BCUT2D eigenvalue weighted by Gasteiger charge is -2.25. The molecule has 0 saturated heterocycles. The number of hydrogen-bond acceptors (Lipinski definition) is 6. The molecule has 4 aromatic heterocycles. The lowest BCUT2D eigenvalue weighted by Crippen LogP contribution is -2.09. The van der Waals surface area contributed by atoms with Gasteiger partial charge in [0.05, 0.1) is 0 Å². The molecule has 4 heterocycles. The van der Waals surface area contributed by atoms with E-state index in [4.69, 9.17) is 17.7 Å². The Morgan fingerprint density at radius 1 is 0.203 bits per heavy atom. The number of hydrogen-bond donors (Lipinski definition) is 0. The van der Waals surface area contributed by atoms with E-state index < -0.39 is 0 Å². The molecule has 0 aliphatic rings. The van der Waals surface area contributed by atoms with Gasteiger partial charge in [0.2, 0.25) is 0 Å². The van der Waals surface area contributed by atoms with E-state index in [0.717, 1.165) is 133 Å². The largest absolute Gasteiger partial charge is 0.456 e. The molecule has 64 heavy (non-hydrogen) atoms. The Morgan fingerprint density at radius 2 is 0.531 bits per heavy atom. The Kier molecular flexibility index (Phi) is 7.30. The Bertz CT molecular complexity index is 3890. The van der Waals surface area contributed by atoms with E-state index in [0.29, 0.717) is 0 Å². The third-order valence-corrected chi connectivity index (χ3v) is 12.8. The van der Waals surface area contributed by atoms with E-state index in [1.165, 1.54) is 0 Å². The van der Waals surface area contributed by atoms with E-state index in [2.05, 4.69) is 180 Å². The molecule has 14 rings (SSSR count). The Balaban J connectivity index is 0.945. The molecule has 6 nitrogen and oxygen atoms in total. The van der Waals surface area contributed by atoms with Crippen molar-refractivity contribution >= 4 is 133 Å². The van der Waals surface area contributed by atoms with Crippen LogP contribution in [-0.2, 0) is 0 Å². The van der Waals surface area contributed by atoms with Crippen LogP contribution in [0.15, 0.2) is 224 Å². The molecule has 14 aromatic rings. The van der Waals surface area contributed by atoms with Gasteiger partial charge >= 0.3 is 0 Å². The van der Waals surface area contributed by atoms with Crippen molar-refractivity contribution in [3.05, 3.63) is 206 Å². The summed E-state index contributed by atoms with van der Waals surface area (Å²) in [7, 11) is 0. The molecule has 0 radical (unpaired) electrons. The fourth-order valence-corrected chi connectivity index (χ4v) is 9.97. The second-order valence-corrected chi connectivity index (χ2v) is 16.4. The third kappa shape index (κ3) is 5.20. The van der Waals surface area contributed by atoms with Gasteiger partial charge in [-0.3, -0.25) is 0 Å². The summed E-state index contributed by atoms with van der Waals surface area (Å²) in [5.74, 6) is 0. The monoisotopic (exact) mass is 822 g/mol. The van der Waals surface area contributed by atoms with Gasteiger partial charge in [0.25, 0.3) is 0 Å². The Morgan fingerprint density at radius 3 is 1.00 bits per heavy atom. The summed E-state index contributed by atoms with van der Waals surface area (Å²) in [6.07, 6.45) is 0. The van der Waals surface area contributed by atoms with Crippen molar-refractivity contribution in [2.75, 3.05) is 9.80 Å². The lowest BCUT2D eigenvalue weighted by molar-refractivity contribution is 0.668.